The predicted octanol–water partition coefficient (Wildman–Crippen LogP) is 4.58. The number of rotatable bonds is 4. The summed E-state index contributed by atoms with van der Waals surface area (Å²) in [5, 5.41) is 3.68. The molecule has 114 valence electrons. The van der Waals surface area contributed by atoms with Gasteiger partial charge in [0.2, 0.25) is 0 Å². The summed E-state index contributed by atoms with van der Waals surface area (Å²) in [4.78, 5) is 17.1. The number of hydrogen-bond acceptors (Lipinski definition) is 2. The third-order valence-corrected chi connectivity index (χ3v) is 4.04. The Kier molecular flexibility index (Phi) is 4.53. The minimum atomic E-state index is -0.123. The van der Waals surface area contributed by atoms with E-state index in [1.54, 1.807) is 6.08 Å². The topological polar surface area (TPSA) is 42.0 Å². The minimum absolute atomic E-state index is 0.123. The summed E-state index contributed by atoms with van der Waals surface area (Å²) in [7, 11) is 0. The quantitative estimate of drug-likeness (QED) is 0.686. The largest absolute Gasteiger partial charge is 0.349 e. The van der Waals surface area contributed by atoms with E-state index in [0.29, 0.717) is 12.1 Å². The fourth-order valence-corrected chi connectivity index (χ4v) is 2.66. The van der Waals surface area contributed by atoms with Gasteiger partial charge in [-0.15, -0.1) is 6.58 Å². The first-order chi connectivity index (χ1) is 11.2. The first-order valence-electron chi connectivity index (χ1n) is 7.24. The van der Waals surface area contributed by atoms with Crippen LogP contribution in [0.5, 0.6) is 0 Å². The number of carbonyl (C=O) groups excluding carboxylic acids is 1. The lowest BCUT2D eigenvalue weighted by Crippen LogP contribution is -2.23. The highest BCUT2D eigenvalue weighted by atomic mass is 79.9. The molecule has 0 radical (unpaired) electrons. The van der Waals surface area contributed by atoms with Crippen molar-refractivity contribution < 1.29 is 4.79 Å². The Morgan fingerprint density at radius 1 is 1.17 bits per heavy atom. The molecule has 0 unspecified atom stereocenters. The highest BCUT2D eigenvalue weighted by Gasteiger charge is 2.13. The van der Waals surface area contributed by atoms with Crippen LogP contribution in [-0.2, 0) is 0 Å². The maximum atomic E-state index is 12.5. The van der Waals surface area contributed by atoms with Crippen molar-refractivity contribution >= 4 is 32.7 Å². The molecule has 1 aromatic heterocycles. The van der Waals surface area contributed by atoms with Crippen LogP contribution >= 0.6 is 15.9 Å². The van der Waals surface area contributed by atoms with Gasteiger partial charge in [-0.1, -0.05) is 52.3 Å². The molecule has 1 amide bonds. The van der Waals surface area contributed by atoms with Crippen molar-refractivity contribution in [3.63, 3.8) is 0 Å². The summed E-state index contributed by atoms with van der Waals surface area (Å²) in [5.74, 6) is -0.123. The summed E-state index contributed by atoms with van der Waals surface area (Å²) in [6.07, 6.45) is 1.66. The van der Waals surface area contributed by atoms with Crippen molar-refractivity contribution in [2.75, 3.05) is 6.54 Å². The van der Waals surface area contributed by atoms with Crippen LogP contribution in [0.2, 0.25) is 0 Å². The van der Waals surface area contributed by atoms with E-state index in [9.17, 15) is 4.79 Å². The summed E-state index contributed by atoms with van der Waals surface area (Å²) < 4.78 is 1.01. The molecule has 23 heavy (non-hydrogen) atoms. The number of hydrogen-bond donors (Lipinski definition) is 1. The number of halogens is 1. The molecule has 0 aliphatic carbocycles. The van der Waals surface area contributed by atoms with Crippen molar-refractivity contribution in [2.45, 2.75) is 0 Å². The minimum Gasteiger partial charge on any atom is -0.349 e. The number of fused-ring (bicyclic) bond motifs is 1. The Labute approximate surface area is 143 Å². The first kappa shape index (κ1) is 15.4. The molecule has 0 aliphatic heterocycles. The van der Waals surface area contributed by atoms with Crippen LogP contribution < -0.4 is 5.32 Å². The fourth-order valence-electron chi connectivity index (χ4n) is 2.39. The number of nitrogens with zero attached hydrogens (tertiary/aromatic N) is 1. The van der Waals surface area contributed by atoms with Crippen molar-refractivity contribution in [3.8, 4) is 11.3 Å². The van der Waals surface area contributed by atoms with E-state index in [2.05, 4.69) is 32.8 Å². The number of carbonyl (C=O) groups is 1. The second-order valence-corrected chi connectivity index (χ2v) is 5.99. The number of pyridine rings is 1. The molecule has 0 spiro atoms. The molecule has 3 nitrogen and oxygen atoms in total. The maximum absolute atomic E-state index is 12.5. The lowest BCUT2D eigenvalue weighted by atomic mass is 10.0. The third-order valence-electron chi connectivity index (χ3n) is 3.51. The zero-order valence-electron chi connectivity index (χ0n) is 12.4. The molecular weight excluding hydrogens is 352 g/mol. The Hall–Kier alpha value is -2.46. The van der Waals surface area contributed by atoms with Crippen LogP contribution in [-0.4, -0.2) is 17.4 Å². The van der Waals surface area contributed by atoms with E-state index in [4.69, 9.17) is 0 Å². The number of amides is 1. The Balaban J connectivity index is 2.15. The van der Waals surface area contributed by atoms with Crippen LogP contribution in [0.4, 0.5) is 0 Å². The molecule has 2 aromatic carbocycles. The first-order valence-corrected chi connectivity index (χ1v) is 8.03. The van der Waals surface area contributed by atoms with Crippen molar-refractivity contribution in [1.82, 2.24) is 10.3 Å². The molecule has 0 bridgehead atoms. The molecule has 0 saturated carbocycles. The average molecular weight is 367 g/mol. The zero-order valence-corrected chi connectivity index (χ0v) is 14.0. The van der Waals surface area contributed by atoms with Crippen molar-refractivity contribution in [3.05, 3.63) is 77.3 Å². The standard InChI is InChI=1S/C19H15BrN2O/c1-2-11-21-19(23)16-12-18(13-7-9-14(20)10-8-13)22-17-6-4-3-5-15(16)17/h2-10,12H,1,11H2,(H,21,23). The molecule has 0 aliphatic rings. The number of para-hydroxylation sites is 1. The lowest BCUT2D eigenvalue weighted by Gasteiger charge is -2.10. The fraction of sp³-hybridized carbons (Fsp3) is 0.0526. The second-order valence-electron chi connectivity index (χ2n) is 5.08. The normalized spacial score (nSPS) is 10.5. The number of benzene rings is 2. The van der Waals surface area contributed by atoms with Gasteiger partial charge in [-0.2, -0.15) is 0 Å². The zero-order chi connectivity index (χ0) is 16.2. The lowest BCUT2D eigenvalue weighted by molar-refractivity contribution is 0.0959. The van der Waals surface area contributed by atoms with Crippen LogP contribution in [0.15, 0.2) is 71.7 Å². The third kappa shape index (κ3) is 3.32. The predicted molar refractivity (Wildman–Crippen MR) is 97.4 cm³/mol. The highest BCUT2D eigenvalue weighted by Crippen LogP contribution is 2.26. The molecule has 1 heterocycles. The monoisotopic (exact) mass is 366 g/mol. The van der Waals surface area contributed by atoms with E-state index >= 15 is 0 Å². The van der Waals surface area contributed by atoms with E-state index in [1.807, 2.05) is 54.6 Å². The Bertz CT molecular complexity index is 872. The van der Waals surface area contributed by atoms with Gasteiger partial charge in [0.1, 0.15) is 0 Å². The number of aromatic nitrogens is 1. The molecular formula is C19H15BrN2O. The van der Waals surface area contributed by atoms with Crippen molar-refractivity contribution in [2.24, 2.45) is 0 Å². The van der Waals surface area contributed by atoms with Crippen LogP contribution in [0.3, 0.4) is 0 Å². The molecule has 3 rings (SSSR count). The average Bonchev–Trinajstić information content (AvgIpc) is 2.59. The molecule has 0 atom stereocenters. The van der Waals surface area contributed by atoms with Gasteiger partial charge in [0.15, 0.2) is 0 Å². The SMILES string of the molecule is C=CCNC(=O)c1cc(-c2ccc(Br)cc2)nc2ccccc12. The highest BCUT2D eigenvalue weighted by molar-refractivity contribution is 9.10. The van der Waals surface area contributed by atoms with Gasteiger partial charge in [0, 0.05) is 22.0 Å². The summed E-state index contributed by atoms with van der Waals surface area (Å²) in [5.41, 5.74) is 3.17. The van der Waals surface area contributed by atoms with Gasteiger partial charge in [-0.05, 0) is 24.3 Å². The molecule has 4 heteroatoms. The van der Waals surface area contributed by atoms with Crippen LogP contribution in [0.25, 0.3) is 22.2 Å². The van der Waals surface area contributed by atoms with E-state index in [1.165, 1.54) is 0 Å². The number of nitrogens with one attached hydrogen (secondary N) is 1. The summed E-state index contributed by atoms with van der Waals surface area (Å²) >= 11 is 3.43. The summed E-state index contributed by atoms with van der Waals surface area (Å²) in [6.45, 7) is 4.06. The van der Waals surface area contributed by atoms with E-state index in [0.717, 1.165) is 26.6 Å². The van der Waals surface area contributed by atoms with Crippen LogP contribution in [0.1, 0.15) is 10.4 Å². The summed E-state index contributed by atoms with van der Waals surface area (Å²) in [6, 6.07) is 17.4. The molecule has 0 saturated heterocycles. The van der Waals surface area contributed by atoms with Gasteiger partial charge in [0.05, 0.1) is 16.8 Å². The Morgan fingerprint density at radius 2 is 1.91 bits per heavy atom. The van der Waals surface area contributed by atoms with Gasteiger partial charge >= 0.3 is 0 Å². The van der Waals surface area contributed by atoms with E-state index < -0.39 is 0 Å². The second kappa shape index (κ2) is 6.75. The van der Waals surface area contributed by atoms with E-state index in [-0.39, 0.29) is 5.91 Å². The van der Waals surface area contributed by atoms with Crippen LogP contribution in [0, 0.1) is 0 Å². The molecule has 1 N–H and O–H groups in total. The molecule has 3 aromatic rings. The smallest absolute Gasteiger partial charge is 0.252 e. The maximum Gasteiger partial charge on any atom is 0.252 e. The van der Waals surface area contributed by atoms with Gasteiger partial charge in [-0.3, -0.25) is 4.79 Å². The Morgan fingerprint density at radius 3 is 2.65 bits per heavy atom. The molecule has 0 fully saturated rings. The van der Waals surface area contributed by atoms with Gasteiger partial charge in [0.25, 0.3) is 5.91 Å². The van der Waals surface area contributed by atoms with Crippen molar-refractivity contribution in [1.29, 1.82) is 0 Å². The van der Waals surface area contributed by atoms with Gasteiger partial charge in [-0.25, -0.2) is 4.98 Å². The van der Waals surface area contributed by atoms with Gasteiger partial charge < -0.3 is 5.32 Å².